The van der Waals surface area contributed by atoms with Crippen LogP contribution >= 0.6 is 0 Å². The highest BCUT2D eigenvalue weighted by Gasteiger charge is 2.17. The standard InChI is InChI=1S/C23H26N4O2/c1-16-20(19-9-2-3-10-21(19)25-16)14-22(28)24-15-17-7-6-8-18(13-17)26-23(29)27-11-4-5-12-27/h2-3,6-10,13,25H,4-5,11-12,14-15H2,1H3,(H,24,28)(H,26,29). The van der Waals surface area contributed by atoms with Gasteiger partial charge in [0.1, 0.15) is 0 Å². The molecule has 1 fully saturated rings. The topological polar surface area (TPSA) is 77.2 Å². The van der Waals surface area contributed by atoms with E-state index in [0.29, 0.717) is 13.0 Å². The minimum Gasteiger partial charge on any atom is -0.358 e. The van der Waals surface area contributed by atoms with Gasteiger partial charge in [0.05, 0.1) is 6.42 Å². The van der Waals surface area contributed by atoms with Crippen LogP contribution in [0.1, 0.15) is 29.7 Å². The summed E-state index contributed by atoms with van der Waals surface area (Å²) in [7, 11) is 0. The van der Waals surface area contributed by atoms with Crippen LogP contribution in [-0.2, 0) is 17.8 Å². The quantitative estimate of drug-likeness (QED) is 0.617. The molecule has 1 saturated heterocycles. The largest absolute Gasteiger partial charge is 0.358 e. The second-order valence-electron chi connectivity index (χ2n) is 7.55. The first kappa shape index (κ1) is 19.1. The van der Waals surface area contributed by atoms with Crippen LogP contribution in [0.25, 0.3) is 10.9 Å². The van der Waals surface area contributed by atoms with E-state index in [1.165, 1.54) is 0 Å². The van der Waals surface area contributed by atoms with Crippen molar-refractivity contribution in [2.24, 2.45) is 0 Å². The van der Waals surface area contributed by atoms with Gasteiger partial charge in [-0.25, -0.2) is 4.79 Å². The summed E-state index contributed by atoms with van der Waals surface area (Å²) < 4.78 is 0. The number of amides is 3. The average molecular weight is 390 g/mol. The Morgan fingerprint density at radius 3 is 2.69 bits per heavy atom. The number of aromatic nitrogens is 1. The molecule has 1 aromatic heterocycles. The van der Waals surface area contributed by atoms with Crippen LogP contribution in [0.4, 0.5) is 10.5 Å². The first-order valence-electron chi connectivity index (χ1n) is 10.1. The minimum atomic E-state index is -0.0569. The molecule has 0 radical (unpaired) electrons. The third-order valence-electron chi connectivity index (χ3n) is 5.43. The summed E-state index contributed by atoms with van der Waals surface area (Å²) in [6.45, 7) is 4.05. The molecule has 1 aliphatic heterocycles. The summed E-state index contributed by atoms with van der Waals surface area (Å²) in [6.07, 6.45) is 2.46. The number of fused-ring (bicyclic) bond motifs is 1. The molecule has 29 heavy (non-hydrogen) atoms. The van der Waals surface area contributed by atoms with E-state index >= 15 is 0 Å². The molecular formula is C23H26N4O2. The number of H-pyrrole nitrogens is 1. The number of nitrogens with zero attached hydrogens (tertiary/aromatic N) is 1. The van der Waals surface area contributed by atoms with E-state index in [4.69, 9.17) is 0 Å². The second-order valence-corrected chi connectivity index (χ2v) is 7.55. The van der Waals surface area contributed by atoms with Gasteiger partial charge >= 0.3 is 6.03 Å². The van der Waals surface area contributed by atoms with E-state index in [2.05, 4.69) is 15.6 Å². The number of aryl methyl sites for hydroxylation is 1. The monoisotopic (exact) mass is 390 g/mol. The number of carbonyl (C=O) groups is 2. The van der Waals surface area contributed by atoms with E-state index in [-0.39, 0.29) is 11.9 Å². The van der Waals surface area contributed by atoms with Crippen molar-refractivity contribution in [1.82, 2.24) is 15.2 Å². The van der Waals surface area contributed by atoms with Crippen molar-refractivity contribution in [3.8, 4) is 0 Å². The molecule has 0 bridgehead atoms. The molecule has 3 amide bonds. The number of urea groups is 1. The zero-order valence-corrected chi connectivity index (χ0v) is 16.6. The predicted octanol–water partition coefficient (Wildman–Crippen LogP) is 3.96. The lowest BCUT2D eigenvalue weighted by atomic mass is 10.1. The Hall–Kier alpha value is -3.28. The van der Waals surface area contributed by atoms with Crippen LogP contribution < -0.4 is 10.6 Å². The molecule has 2 aromatic carbocycles. The summed E-state index contributed by atoms with van der Waals surface area (Å²) in [6, 6.07) is 15.6. The molecule has 4 rings (SSSR count). The number of carbonyl (C=O) groups excluding carboxylic acids is 2. The molecule has 0 spiro atoms. The number of para-hydroxylation sites is 1. The molecule has 0 saturated carbocycles. The third kappa shape index (κ3) is 4.42. The summed E-state index contributed by atoms with van der Waals surface area (Å²) in [5.41, 5.74) is 4.81. The summed E-state index contributed by atoms with van der Waals surface area (Å²) in [5, 5.41) is 7.02. The normalized spacial score (nSPS) is 13.6. The van der Waals surface area contributed by atoms with Gasteiger partial charge < -0.3 is 20.5 Å². The van der Waals surface area contributed by atoms with Gasteiger partial charge in [-0.2, -0.15) is 0 Å². The first-order valence-corrected chi connectivity index (χ1v) is 10.1. The average Bonchev–Trinajstić information content (AvgIpc) is 3.36. The highest BCUT2D eigenvalue weighted by Crippen LogP contribution is 2.22. The molecule has 0 atom stereocenters. The van der Waals surface area contributed by atoms with Crippen LogP contribution in [0, 0.1) is 6.92 Å². The van der Waals surface area contributed by atoms with Crippen molar-refractivity contribution < 1.29 is 9.59 Å². The Morgan fingerprint density at radius 1 is 1.07 bits per heavy atom. The van der Waals surface area contributed by atoms with E-state index in [1.54, 1.807) is 0 Å². The van der Waals surface area contributed by atoms with E-state index in [0.717, 1.165) is 59.3 Å². The number of likely N-dealkylation sites (tertiary alicyclic amines) is 1. The molecule has 2 heterocycles. The molecule has 3 aromatic rings. The Balaban J connectivity index is 1.35. The minimum absolute atomic E-state index is 0.0237. The Bertz CT molecular complexity index is 1030. The van der Waals surface area contributed by atoms with E-state index in [1.807, 2.05) is 60.4 Å². The van der Waals surface area contributed by atoms with Crippen LogP contribution in [0.2, 0.25) is 0 Å². The Morgan fingerprint density at radius 2 is 1.86 bits per heavy atom. The predicted molar refractivity (Wildman–Crippen MR) is 115 cm³/mol. The molecule has 150 valence electrons. The summed E-state index contributed by atoms with van der Waals surface area (Å²) in [4.78, 5) is 29.9. The maximum Gasteiger partial charge on any atom is 0.321 e. The number of nitrogens with one attached hydrogen (secondary N) is 3. The third-order valence-corrected chi connectivity index (χ3v) is 5.43. The fraction of sp³-hybridized carbons (Fsp3) is 0.304. The number of anilines is 1. The van der Waals surface area contributed by atoms with E-state index in [9.17, 15) is 9.59 Å². The molecule has 6 heteroatoms. The lowest BCUT2D eigenvalue weighted by molar-refractivity contribution is -0.120. The number of aromatic amines is 1. The molecule has 1 aliphatic rings. The zero-order chi connectivity index (χ0) is 20.2. The summed E-state index contributed by atoms with van der Waals surface area (Å²) >= 11 is 0. The van der Waals surface area contributed by atoms with Crippen molar-refractivity contribution in [2.45, 2.75) is 32.7 Å². The van der Waals surface area contributed by atoms with Crippen LogP contribution in [0.3, 0.4) is 0 Å². The van der Waals surface area contributed by atoms with Crippen molar-refractivity contribution in [3.05, 3.63) is 65.4 Å². The number of benzene rings is 2. The maximum atomic E-state index is 12.5. The summed E-state index contributed by atoms with van der Waals surface area (Å²) in [5.74, 6) is -0.0237. The van der Waals surface area contributed by atoms with Crippen molar-refractivity contribution in [3.63, 3.8) is 0 Å². The first-order chi connectivity index (χ1) is 14.1. The van der Waals surface area contributed by atoms with Crippen LogP contribution in [0.5, 0.6) is 0 Å². The van der Waals surface area contributed by atoms with Gasteiger partial charge in [0, 0.05) is 41.9 Å². The molecule has 3 N–H and O–H groups in total. The van der Waals surface area contributed by atoms with Gasteiger partial charge in [0.15, 0.2) is 0 Å². The zero-order valence-electron chi connectivity index (χ0n) is 16.6. The van der Waals surface area contributed by atoms with Crippen LogP contribution in [0.15, 0.2) is 48.5 Å². The van der Waals surface area contributed by atoms with Crippen molar-refractivity contribution >= 4 is 28.5 Å². The smallest absolute Gasteiger partial charge is 0.321 e. The lowest BCUT2D eigenvalue weighted by Gasteiger charge is -2.16. The van der Waals surface area contributed by atoms with Gasteiger partial charge in [-0.05, 0) is 49.1 Å². The molecule has 0 unspecified atom stereocenters. The Kier molecular flexibility index (Phi) is 5.51. The highest BCUT2D eigenvalue weighted by atomic mass is 16.2. The van der Waals surface area contributed by atoms with Gasteiger partial charge in [-0.1, -0.05) is 30.3 Å². The van der Waals surface area contributed by atoms with Gasteiger partial charge in [-0.3, -0.25) is 4.79 Å². The van der Waals surface area contributed by atoms with Gasteiger partial charge in [0.2, 0.25) is 5.91 Å². The second kappa shape index (κ2) is 8.39. The fourth-order valence-electron chi connectivity index (χ4n) is 3.87. The fourth-order valence-corrected chi connectivity index (χ4v) is 3.87. The van der Waals surface area contributed by atoms with Gasteiger partial charge in [0.25, 0.3) is 0 Å². The number of hydrogen-bond donors (Lipinski definition) is 3. The van der Waals surface area contributed by atoms with E-state index < -0.39 is 0 Å². The Labute approximate surface area is 170 Å². The maximum absolute atomic E-state index is 12.5. The van der Waals surface area contributed by atoms with Crippen LogP contribution in [-0.4, -0.2) is 34.9 Å². The van der Waals surface area contributed by atoms with Gasteiger partial charge in [-0.15, -0.1) is 0 Å². The highest BCUT2D eigenvalue weighted by molar-refractivity contribution is 5.90. The van der Waals surface area contributed by atoms with Crippen molar-refractivity contribution in [1.29, 1.82) is 0 Å². The lowest BCUT2D eigenvalue weighted by Crippen LogP contribution is -2.32. The SMILES string of the molecule is Cc1[nH]c2ccccc2c1CC(=O)NCc1cccc(NC(=O)N2CCCC2)c1. The molecule has 6 nitrogen and oxygen atoms in total. The number of rotatable bonds is 5. The molecule has 0 aliphatic carbocycles. The van der Waals surface area contributed by atoms with Crippen molar-refractivity contribution in [2.75, 3.05) is 18.4 Å². The number of hydrogen-bond acceptors (Lipinski definition) is 2. The molecular weight excluding hydrogens is 364 g/mol.